The van der Waals surface area contributed by atoms with Crippen LogP contribution < -0.4 is 9.64 Å². The molecule has 16 aromatic heterocycles. The molecule has 16 aromatic rings. The zero-order valence-electron chi connectivity index (χ0n) is 71.9. The van der Waals surface area contributed by atoms with Crippen molar-refractivity contribution in [1.82, 2.24) is 79.7 Å². The SMILES string of the molecule is CC(C)(c1cccc(-c2[c-]cc(F)nc2F)n1)c1cc(F)cc(-c2[c-]cc(F)nc2F)n1.CN(C)c1cc(-c2[c-]cc(F)nc2F)nc(C(C)(C)c2cccc(-c3[c-]cc(F)nc3F)n2)c1.COc1cc(-c2[c-]cc(F)nc2F)nc(C(C)(C)c2cccc(-c3[c-]cc(F)nc3F)n2)c1.Cc1cc(-c2[c-]cc(F)nc2F)nc(C(C)(C)c2cccc(-c3[c-]cc(F)nc3F)n2)c1.[Pt+2].[Pt+2].[Pt+2].[Pt+2]. The molecule has 0 fully saturated rings. The number of methoxy groups -OCH3 is 1. The molecule has 0 unspecified atom stereocenters. The van der Waals surface area contributed by atoms with Crippen LogP contribution in [-0.2, 0) is 106 Å². The quantitative estimate of drug-likeness (QED) is 0.0443. The largest absolute Gasteiger partial charge is 2.00 e. The molecular weight excluding hydrogens is 2510 g/mol. The van der Waals surface area contributed by atoms with Crippen molar-refractivity contribution in [3.05, 3.63) is 370 Å². The summed E-state index contributed by atoms with van der Waals surface area (Å²) in [6.45, 7) is 16.3. The van der Waals surface area contributed by atoms with Crippen LogP contribution in [0.2, 0.25) is 0 Å². The third-order valence-electron chi connectivity index (χ3n) is 20.3. The number of pyridine rings is 16. The summed E-state index contributed by atoms with van der Waals surface area (Å²) < 4.78 is 239. The number of hydrogen-bond donors (Lipinski definition) is 0. The fourth-order valence-electron chi connectivity index (χ4n) is 13.0. The summed E-state index contributed by atoms with van der Waals surface area (Å²) >= 11 is 0. The van der Waals surface area contributed by atoms with Crippen molar-refractivity contribution in [2.75, 3.05) is 26.1 Å². The molecule has 0 radical (unpaired) electrons. The number of hydrogen-bond acceptors (Lipinski definition) is 18. The molecule has 0 saturated carbocycles. The average Bonchev–Trinajstić information content (AvgIpc) is 0.791. The van der Waals surface area contributed by atoms with Crippen molar-refractivity contribution in [3.8, 4) is 95.8 Å². The minimum Gasteiger partial charge on any atom is -0.497 e. The first-order valence-electron chi connectivity index (χ1n) is 38.8. The molecule has 0 saturated heterocycles. The predicted molar refractivity (Wildman–Crippen MR) is 444 cm³/mol. The van der Waals surface area contributed by atoms with E-state index in [2.05, 4.69) is 128 Å². The van der Waals surface area contributed by atoms with Crippen molar-refractivity contribution >= 4 is 5.69 Å². The molecule has 0 N–H and O–H groups in total. The van der Waals surface area contributed by atoms with Crippen molar-refractivity contribution in [2.45, 2.75) is 84.0 Å². The van der Waals surface area contributed by atoms with E-state index in [9.17, 15) is 74.6 Å². The van der Waals surface area contributed by atoms with Crippen molar-refractivity contribution in [1.29, 1.82) is 0 Å². The second kappa shape index (κ2) is 44.4. The van der Waals surface area contributed by atoms with Crippen molar-refractivity contribution in [3.63, 3.8) is 0 Å². The van der Waals surface area contributed by atoms with Gasteiger partial charge in [0.2, 0.25) is 0 Å². The standard InChI is InChI=1S/C25H19F4N5.C24H16F4N4O.C24H16F4N4.C23H13F5N4.4Pt/c1-25(2,19-7-5-6-17(30-19)15-8-10-21(26)32-23(15)28)20-13-14(34(3)4)12-18(31-20)16-9-11-22(27)33-24(16)29;1-24(2,18-6-4-5-16(29-18)14-7-9-20(25)31-22(14)27)19-12-13(33-3)11-17(30-19)15-8-10-21(26)32-23(15)28;1-13-11-17(15-8-10-21(26)32-23(15)28)30-19(12-13)24(2,3)18-6-4-5-16(29-18)14-7-9-20(25)31-22(14)27;1-23(2,17-5-3-4-15(29-17)13-6-8-19(25)31-21(13)27)18-11-12(24)10-16(30-18)14-7-9-20(26)32-22(14)28;;;;/h5-7,10-13H,1-4H3;4-6,9-12H,1-3H3;4-6,9-12H,1-3H3;3-5,8-11H,1-2H3;;;;/q4*-2;4*+2. The minimum absolute atomic E-state index is 0. The van der Waals surface area contributed by atoms with Crippen LogP contribution in [0.3, 0.4) is 0 Å². The van der Waals surface area contributed by atoms with Gasteiger partial charge >= 0.3 is 84.3 Å². The van der Waals surface area contributed by atoms with Gasteiger partial charge in [-0.1, -0.05) is 159 Å². The summed E-state index contributed by atoms with van der Waals surface area (Å²) in [6, 6.07) is 59.1. The summed E-state index contributed by atoms with van der Waals surface area (Å²) in [6.07, 6.45) is 0. The Hall–Kier alpha value is -12.4. The van der Waals surface area contributed by atoms with Crippen LogP contribution in [0.25, 0.3) is 90.1 Å². The molecular formula is C96H64F17N17OPt4. The minimum atomic E-state index is -1.18. The van der Waals surface area contributed by atoms with Crippen LogP contribution in [-0.4, -0.2) is 101 Å². The molecule has 0 atom stereocenters. The molecule has 0 spiro atoms. The fraction of sp³-hybridized carbons (Fsp3) is 0.167. The van der Waals surface area contributed by atoms with Crippen molar-refractivity contribution < 1.29 is 164 Å². The molecule has 18 nitrogen and oxygen atoms in total. The first-order valence-corrected chi connectivity index (χ1v) is 38.8. The number of nitrogens with zero attached hydrogens (tertiary/aromatic N) is 17. The smallest absolute Gasteiger partial charge is 0.497 e. The van der Waals surface area contributed by atoms with Crippen molar-refractivity contribution in [2.24, 2.45) is 0 Å². The normalized spacial score (nSPS) is 11.2. The average molecular weight is 2570 g/mol. The van der Waals surface area contributed by atoms with Gasteiger partial charge in [-0.3, -0.25) is 49.8 Å². The van der Waals surface area contributed by atoms with E-state index < -0.39 is 123 Å². The summed E-state index contributed by atoms with van der Waals surface area (Å²) in [7, 11) is 5.08. The molecule has 0 aliphatic rings. The van der Waals surface area contributed by atoms with Crippen LogP contribution in [0.1, 0.15) is 107 Å². The third-order valence-corrected chi connectivity index (χ3v) is 20.3. The van der Waals surface area contributed by atoms with Gasteiger partial charge in [0.25, 0.3) is 0 Å². The second-order valence-electron chi connectivity index (χ2n) is 31.0. The Morgan fingerprint density at radius 1 is 0.244 bits per heavy atom. The molecule has 0 aliphatic carbocycles. The van der Waals surface area contributed by atoms with Gasteiger partial charge < -0.3 is 39.5 Å². The zero-order chi connectivity index (χ0) is 94.5. The first-order chi connectivity index (χ1) is 62.0. The Morgan fingerprint density at radius 2 is 0.459 bits per heavy atom. The molecule has 0 amide bonds. The van der Waals surface area contributed by atoms with E-state index in [4.69, 9.17) is 4.74 Å². The first kappa shape index (κ1) is 106. The Bertz CT molecular complexity index is 6830. The van der Waals surface area contributed by atoms with Gasteiger partial charge in [-0.2, -0.15) is 0 Å². The van der Waals surface area contributed by atoms with Crippen LogP contribution in [0.5, 0.6) is 5.75 Å². The summed E-state index contributed by atoms with van der Waals surface area (Å²) in [5.74, 6) is -16.7. The van der Waals surface area contributed by atoms with Gasteiger partial charge in [0.15, 0.2) is 0 Å². The van der Waals surface area contributed by atoms with Crippen LogP contribution >= 0.6 is 0 Å². The maximum Gasteiger partial charge on any atom is 2.00 e. The summed E-state index contributed by atoms with van der Waals surface area (Å²) in [4.78, 5) is 63.2. The fourth-order valence-corrected chi connectivity index (χ4v) is 13.0. The van der Waals surface area contributed by atoms with E-state index in [1.54, 1.807) is 98.8 Å². The van der Waals surface area contributed by atoms with Crippen LogP contribution in [0.15, 0.2) is 170 Å². The number of halogens is 17. The van der Waals surface area contributed by atoms with E-state index >= 15 is 0 Å². The predicted octanol–water partition coefficient (Wildman–Crippen LogP) is 20.8. The maximum absolute atomic E-state index is 14.4. The van der Waals surface area contributed by atoms with Gasteiger partial charge in [0, 0.05) is 93.1 Å². The summed E-state index contributed by atoms with van der Waals surface area (Å²) in [5, 5.41) is 0. The number of rotatable bonds is 18. The van der Waals surface area contributed by atoms with E-state index in [-0.39, 0.29) is 180 Å². The van der Waals surface area contributed by atoms with Gasteiger partial charge in [0.1, 0.15) is 107 Å². The molecule has 698 valence electrons. The Kier molecular flexibility index (Phi) is 34.9. The van der Waals surface area contributed by atoms with E-state index in [0.29, 0.717) is 51.3 Å². The molecule has 16 rings (SSSR count). The third kappa shape index (κ3) is 24.6. The topological polar surface area (TPSA) is 219 Å². The van der Waals surface area contributed by atoms with Crippen LogP contribution in [0, 0.1) is 156 Å². The maximum atomic E-state index is 14.4. The van der Waals surface area contributed by atoms with Gasteiger partial charge in [0.05, 0.1) is 7.11 Å². The van der Waals surface area contributed by atoms with Gasteiger partial charge in [-0.25, -0.2) is 74.6 Å². The molecule has 0 aliphatic heterocycles. The van der Waals surface area contributed by atoms with Crippen LogP contribution in [0.4, 0.5) is 80.3 Å². The zero-order valence-corrected chi connectivity index (χ0v) is 81.0. The Labute approximate surface area is 819 Å². The summed E-state index contributed by atoms with van der Waals surface area (Å²) in [5.41, 5.74) is 2.01. The van der Waals surface area contributed by atoms with E-state index in [1.165, 1.54) is 19.2 Å². The van der Waals surface area contributed by atoms with E-state index in [1.807, 2.05) is 79.6 Å². The monoisotopic (exact) mass is 2570 g/mol. The second-order valence-corrected chi connectivity index (χ2v) is 31.0. The molecule has 16 heterocycles. The molecule has 39 heteroatoms. The Balaban J connectivity index is 0.000000200. The molecule has 0 bridgehead atoms. The number of aryl methyl sites for hydroxylation is 1. The Morgan fingerprint density at radius 3 is 0.711 bits per heavy atom. The van der Waals surface area contributed by atoms with E-state index in [0.717, 1.165) is 66.2 Å². The number of ether oxygens (including phenoxy) is 1. The molecule has 135 heavy (non-hydrogen) atoms. The number of anilines is 1. The molecule has 0 aromatic carbocycles. The van der Waals surface area contributed by atoms with Gasteiger partial charge in [-0.15, -0.1) is 48.5 Å². The van der Waals surface area contributed by atoms with Gasteiger partial charge in [-0.05, 0) is 162 Å². The number of aromatic nitrogens is 16.